The van der Waals surface area contributed by atoms with E-state index in [0.717, 1.165) is 34.3 Å². The van der Waals surface area contributed by atoms with Crippen LogP contribution in [0.15, 0.2) is 79.1 Å². The summed E-state index contributed by atoms with van der Waals surface area (Å²) >= 11 is 5.89. The molecule has 3 aromatic heterocycles. The molecule has 0 spiro atoms. The third-order valence-electron chi connectivity index (χ3n) is 6.25. The fraction of sp³-hybridized carbons (Fsp3) is 0.250. The van der Waals surface area contributed by atoms with E-state index in [1.807, 2.05) is 74.8 Å². The zero-order valence-corrected chi connectivity index (χ0v) is 21.2. The monoisotopic (exact) mass is 483 g/mol. The first-order valence-corrected chi connectivity index (χ1v) is 12.2. The molecule has 6 nitrogen and oxygen atoms in total. The molecule has 4 aromatic rings. The lowest BCUT2D eigenvalue weighted by atomic mass is 9.96. The molecular weight excluding hydrogens is 454 g/mol. The number of aromatic nitrogens is 3. The number of hydrogen-bond acceptors (Lipinski definition) is 4. The number of anilines is 1. The van der Waals surface area contributed by atoms with Crippen molar-refractivity contribution >= 4 is 23.0 Å². The van der Waals surface area contributed by atoms with Gasteiger partial charge in [0.25, 0.3) is 0 Å². The van der Waals surface area contributed by atoms with Gasteiger partial charge in [-0.2, -0.15) is 0 Å². The van der Waals surface area contributed by atoms with Crippen LogP contribution in [0, 0.1) is 13.8 Å². The summed E-state index contributed by atoms with van der Waals surface area (Å²) in [6, 6.07) is 22.2. The molecule has 1 aromatic carbocycles. The molecule has 1 saturated heterocycles. The van der Waals surface area contributed by atoms with E-state index in [4.69, 9.17) is 17.0 Å². The van der Waals surface area contributed by atoms with Crippen molar-refractivity contribution in [3.05, 3.63) is 102 Å². The molecule has 35 heavy (non-hydrogen) atoms. The molecule has 7 heteroatoms. The Kier molecular flexibility index (Phi) is 6.26. The first-order chi connectivity index (χ1) is 16.9. The minimum atomic E-state index is -0.104. The van der Waals surface area contributed by atoms with Crippen LogP contribution < -0.4 is 15.0 Å². The molecule has 1 aliphatic rings. The highest BCUT2D eigenvalue weighted by Gasteiger charge is 2.42. The largest absolute Gasteiger partial charge is 0.491 e. The van der Waals surface area contributed by atoms with Gasteiger partial charge < -0.3 is 19.5 Å². The number of ether oxygens (including phenoxy) is 1. The highest BCUT2D eigenvalue weighted by Crippen LogP contribution is 2.43. The van der Waals surface area contributed by atoms with Crippen LogP contribution in [0.1, 0.15) is 48.6 Å². The fourth-order valence-corrected chi connectivity index (χ4v) is 5.18. The second-order valence-electron chi connectivity index (χ2n) is 9.01. The third-order valence-corrected chi connectivity index (χ3v) is 6.57. The summed E-state index contributed by atoms with van der Waals surface area (Å²) in [5.41, 5.74) is 5.38. The Hall–Kier alpha value is -3.71. The molecule has 1 fully saturated rings. The zero-order valence-electron chi connectivity index (χ0n) is 20.3. The lowest BCUT2D eigenvalue weighted by molar-refractivity contribution is 0.242. The minimum Gasteiger partial charge on any atom is -0.491 e. The van der Waals surface area contributed by atoms with Gasteiger partial charge in [0.05, 0.1) is 23.9 Å². The van der Waals surface area contributed by atoms with E-state index >= 15 is 0 Å². The molecule has 1 N–H and O–H groups in total. The molecule has 1 aliphatic heterocycles. The van der Waals surface area contributed by atoms with E-state index in [-0.39, 0.29) is 18.2 Å². The maximum absolute atomic E-state index is 5.89. The second-order valence-corrected chi connectivity index (χ2v) is 9.39. The van der Waals surface area contributed by atoms with Gasteiger partial charge in [0.1, 0.15) is 11.6 Å². The number of thiocarbonyl (C=S) groups is 1. The average molecular weight is 484 g/mol. The molecule has 0 unspecified atom stereocenters. The van der Waals surface area contributed by atoms with E-state index in [1.54, 1.807) is 0 Å². The molecule has 4 heterocycles. The van der Waals surface area contributed by atoms with Crippen LogP contribution in [0.2, 0.25) is 0 Å². The van der Waals surface area contributed by atoms with Crippen LogP contribution in [0.4, 0.5) is 5.69 Å². The van der Waals surface area contributed by atoms with Gasteiger partial charge in [-0.1, -0.05) is 12.1 Å². The van der Waals surface area contributed by atoms with E-state index in [9.17, 15) is 0 Å². The van der Waals surface area contributed by atoms with E-state index < -0.39 is 0 Å². The average Bonchev–Trinajstić information content (AvgIpc) is 3.35. The van der Waals surface area contributed by atoms with Crippen molar-refractivity contribution in [2.45, 2.75) is 45.9 Å². The Morgan fingerprint density at radius 2 is 1.66 bits per heavy atom. The fourth-order valence-electron chi connectivity index (χ4n) is 4.83. The van der Waals surface area contributed by atoms with Crippen molar-refractivity contribution in [2.24, 2.45) is 0 Å². The van der Waals surface area contributed by atoms with E-state index in [2.05, 4.69) is 56.8 Å². The molecule has 0 aliphatic carbocycles. The number of nitrogens with one attached hydrogen (secondary N) is 1. The van der Waals surface area contributed by atoms with Crippen LogP contribution in [-0.4, -0.2) is 25.8 Å². The SMILES string of the molecule is Cc1cc([C@H]2[C@H](c3ccccn3)NC(=S)N2c2ccc(OC(C)C)cc2)c(C)n1-c1ccccn1. The smallest absolute Gasteiger partial charge is 0.174 e. The van der Waals surface area contributed by atoms with Gasteiger partial charge in [0.15, 0.2) is 5.11 Å². The van der Waals surface area contributed by atoms with Crippen molar-refractivity contribution < 1.29 is 4.74 Å². The van der Waals surface area contributed by atoms with Gasteiger partial charge in [-0.05, 0) is 100 Å². The van der Waals surface area contributed by atoms with Crippen LogP contribution in [-0.2, 0) is 0 Å². The number of benzene rings is 1. The number of pyridine rings is 2. The van der Waals surface area contributed by atoms with Gasteiger partial charge in [-0.25, -0.2) is 4.98 Å². The normalized spacial score (nSPS) is 17.6. The molecule has 0 radical (unpaired) electrons. The molecular formula is C28H29N5OS. The minimum absolute atomic E-state index is 0.0853. The van der Waals surface area contributed by atoms with Crippen LogP contribution >= 0.6 is 12.2 Å². The van der Waals surface area contributed by atoms with Crippen LogP contribution in [0.25, 0.3) is 5.82 Å². The van der Waals surface area contributed by atoms with Gasteiger partial charge in [0.2, 0.25) is 0 Å². The predicted octanol–water partition coefficient (Wildman–Crippen LogP) is 5.85. The van der Waals surface area contributed by atoms with Gasteiger partial charge in [0, 0.05) is 29.5 Å². The Balaban J connectivity index is 1.62. The first kappa shape index (κ1) is 23.1. The summed E-state index contributed by atoms with van der Waals surface area (Å²) in [5.74, 6) is 1.74. The van der Waals surface area contributed by atoms with Crippen LogP contribution in [0.3, 0.4) is 0 Å². The molecule has 0 amide bonds. The van der Waals surface area contributed by atoms with Gasteiger partial charge in [-0.3, -0.25) is 4.98 Å². The first-order valence-electron chi connectivity index (χ1n) is 11.8. The maximum Gasteiger partial charge on any atom is 0.174 e. The Morgan fingerprint density at radius 3 is 2.29 bits per heavy atom. The van der Waals surface area contributed by atoms with E-state index in [1.165, 1.54) is 5.56 Å². The lowest BCUT2D eigenvalue weighted by Crippen LogP contribution is -2.29. The van der Waals surface area contributed by atoms with E-state index in [0.29, 0.717) is 5.11 Å². The zero-order chi connectivity index (χ0) is 24.5. The lowest BCUT2D eigenvalue weighted by Gasteiger charge is -2.28. The highest BCUT2D eigenvalue weighted by atomic mass is 32.1. The Labute approximate surface area is 211 Å². The topological polar surface area (TPSA) is 55.2 Å². The summed E-state index contributed by atoms with van der Waals surface area (Å²) in [4.78, 5) is 11.5. The molecule has 5 rings (SSSR count). The van der Waals surface area contributed by atoms with Crippen molar-refractivity contribution in [3.8, 4) is 11.6 Å². The standard InChI is InChI=1S/C28H29N5OS/c1-18(2)34-22-13-11-21(12-14-22)33-27(26(31-28(33)35)24-9-5-7-15-29-24)23-17-19(3)32(20(23)4)25-10-6-8-16-30-25/h5-18,26-27H,1-4H3,(H,31,35)/t26-,27-/m0/s1. The third kappa shape index (κ3) is 4.39. The van der Waals surface area contributed by atoms with Crippen molar-refractivity contribution in [1.29, 1.82) is 0 Å². The number of aryl methyl sites for hydroxylation is 1. The summed E-state index contributed by atoms with van der Waals surface area (Å²) < 4.78 is 8.06. The number of hydrogen-bond donors (Lipinski definition) is 1. The van der Waals surface area contributed by atoms with Crippen molar-refractivity contribution in [3.63, 3.8) is 0 Å². The molecule has 0 bridgehead atoms. The van der Waals surface area contributed by atoms with Crippen molar-refractivity contribution in [1.82, 2.24) is 19.9 Å². The van der Waals surface area contributed by atoms with Gasteiger partial charge >= 0.3 is 0 Å². The predicted molar refractivity (Wildman–Crippen MR) is 143 cm³/mol. The van der Waals surface area contributed by atoms with Crippen LogP contribution in [0.5, 0.6) is 5.75 Å². The maximum atomic E-state index is 5.89. The molecule has 2 atom stereocenters. The number of rotatable bonds is 6. The number of nitrogens with zero attached hydrogens (tertiary/aromatic N) is 4. The molecule has 0 saturated carbocycles. The Morgan fingerprint density at radius 1 is 0.943 bits per heavy atom. The second kappa shape index (κ2) is 9.50. The summed E-state index contributed by atoms with van der Waals surface area (Å²) in [7, 11) is 0. The Bertz CT molecular complexity index is 1320. The van der Waals surface area contributed by atoms with Gasteiger partial charge in [-0.15, -0.1) is 0 Å². The summed E-state index contributed by atoms with van der Waals surface area (Å²) in [6.45, 7) is 8.31. The molecule has 178 valence electrons. The van der Waals surface area contributed by atoms with Crippen molar-refractivity contribution in [2.75, 3.05) is 4.90 Å². The summed E-state index contributed by atoms with van der Waals surface area (Å²) in [6.07, 6.45) is 3.77. The quantitative estimate of drug-likeness (QED) is 0.347. The highest BCUT2D eigenvalue weighted by molar-refractivity contribution is 7.80. The summed E-state index contributed by atoms with van der Waals surface area (Å²) in [5, 5.41) is 4.22.